The first-order valence-electron chi connectivity index (χ1n) is 5.52. The zero-order valence-corrected chi connectivity index (χ0v) is 10.7. The first-order chi connectivity index (χ1) is 8.85. The molecular formula is C9H12F3N5OS. The number of piperazine rings is 1. The second kappa shape index (κ2) is 5.29. The Morgan fingerprint density at radius 1 is 1.26 bits per heavy atom. The second-order valence-electron chi connectivity index (χ2n) is 4.13. The Hall–Kier alpha value is -1.42. The number of carbonyl (C=O) groups excluding carboxylic acids is 1. The number of alkyl halides is 3. The van der Waals surface area contributed by atoms with E-state index < -0.39 is 12.7 Å². The van der Waals surface area contributed by atoms with E-state index >= 15 is 0 Å². The van der Waals surface area contributed by atoms with Gasteiger partial charge >= 0.3 is 6.18 Å². The van der Waals surface area contributed by atoms with Crippen LogP contribution in [0.4, 0.5) is 18.3 Å². The summed E-state index contributed by atoms with van der Waals surface area (Å²) in [6.07, 6.45) is -4.21. The van der Waals surface area contributed by atoms with E-state index in [0.29, 0.717) is 0 Å². The van der Waals surface area contributed by atoms with Gasteiger partial charge in [0.15, 0.2) is 0 Å². The van der Waals surface area contributed by atoms with Crippen LogP contribution < -0.4 is 5.73 Å². The Bertz CT molecular complexity index is 455. The van der Waals surface area contributed by atoms with Crippen molar-refractivity contribution in [2.24, 2.45) is 0 Å². The van der Waals surface area contributed by atoms with Gasteiger partial charge in [0.2, 0.25) is 10.1 Å². The molecule has 2 N–H and O–H groups in total. The summed E-state index contributed by atoms with van der Waals surface area (Å²) in [6, 6.07) is 0. The Morgan fingerprint density at radius 2 is 1.89 bits per heavy atom. The molecule has 0 unspecified atom stereocenters. The first kappa shape index (κ1) is 14.0. The van der Waals surface area contributed by atoms with Crippen LogP contribution in [0.25, 0.3) is 0 Å². The van der Waals surface area contributed by atoms with Crippen LogP contribution in [0.1, 0.15) is 9.80 Å². The number of aromatic nitrogens is 2. The maximum absolute atomic E-state index is 12.2. The lowest BCUT2D eigenvalue weighted by Crippen LogP contribution is -2.50. The van der Waals surface area contributed by atoms with Gasteiger partial charge < -0.3 is 10.6 Å². The third-order valence-corrected chi connectivity index (χ3v) is 3.43. The van der Waals surface area contributed by atoms with Crippen LogP contribution in [-0.2, 0) is 0 Å². The van der Waals surface area contributed by atoms with Gasteiger partial charge in [0.25, 0.3) is 5.91 Å². The van der Waals surface area contributed by atoms with E-state index in [0.717, 1.165) is 11.3 Å². The molecule has 106 valence electrons. The average Bonchev–Trinajstić information content (AvgIpc) is 2.74. The SMILES string of the molecule is Nc1nnc(C(=O)N2CCN(CC(F)(F)F)CC2)s1. The standard InChI is InChI=1S/C9H12F3N5OS/c10-9(11,12)5-16-1-3-17(4-2-16)7(18)6-14-15-8(13)19-6/h1-5H2,(H2,13,15). The zero-order valence-electron chi connectivity index (χ0n) is 9.85. The molecule has 0 aromatic carbocycles. The van der Waals surface area contributed by atoms with Crippen molar-refractivity contribution >= 4 is 22.4 Å². The number of nitrogens with zero attached hydrogens (tertiary/aromatic N) is 4. The first-order valence-corrected chi connectivity index (χ1v) is 6.34. The van der Waals surface area contributed by atoms with Crippen LogP contribution in [0.2, 0.25) is 0 Å². The number of amides is 1. The summed E-state index contributed by atoms with van der Waals surface area (Å²) < 4.78 is 36.6. The molecule has 0 spiro atoms. The molecule has 6 nitrogen and oxygen atoms in total. The summed E-state index contributed by atoms with van der Waals surface area (Å²) in [6.45, 7) is -0.0668. The molecule has 1 fully saturated rings. The smallest absolute Gasteiger partial charge is 0.374 e. The number of halogens is 3. The van der Waals surface area contributed by atoms with E-state index in [1.807, 2.05) is 0 Å². The molecule has 0 aliphatic carbocycles. The van der Waals surface area contributed by atoms with Crippen LogP contribution in [0.15, 0.2) is 0 Å². The predicted molar refractivity (Wildman–Crippen MR) is 62.7 cm³/mol. The topological polar surface area (TPSA) is 75.3 Å². The van der Waals surface area contributed by atoms with Crippen LogP contribution in [-0.4, -0.2) is 64.8 Å². The highest BCUT2D eigenvalue weighted by Gasteiger charge is 2.33. The van der Waals surface area contributed by atoms with E-state index in [1.54, 1.807) is 0 Å². The highest BCUT2D eigenvalue weighted by molar-refractivity contribution is 7.16. The Morgan fingerprint density at radius 3 is 2.37 bits per heavy atom. The van der Waals surface area contributed by atoms with Crippen molar-refractivity contribution in [1.29, 1.82) is 0 Å². The van der Waals surface area contributed by atoms with E-state index in [9.17, 15) is 18.0 Å². The average molecular weight is 295 g/mol. The van der Waals surface area contributed by atoms with Crippen molar-refractivity contribution < 1.29 is 18.0 Å². The largest absolute Gasteiger partial charge is 0.401 e. The molecule has 0 saturated carbocycles. The minimum atomic E-state index is -4.21. The second-order valence-corrected chi connectivity index (χ2v) is 5.14. The van der Waals surface area contributed by atoms with Crippen molar-refractivity contribution in [1.82, 2.24) is 20.0 Å². The Labute approximate surface area is 111 Å². The van der Waals surface area contributed by atoms with Crippen molar-refractivity contribution in [2.75, 3.05) is 38.5 Å². The van der Waals surface area contributed by atoms with Gasteiger partial charge in [-0.2, -0.15) is 13.2 Å². The molecular weight excluding hydrogens is 283 g/mol. The van der Waals surface area contributed by atoms with Crippen molar-refractivity contribution in [2.45, 2.75) is 6.18 Å². The summed E-state index contributed by atoms with van der Waals surface area (Å²) >= 11 is 0.971. The maximum Gasteiger partial charge on any atom is 0.401 e. The zero-order chi connectivity index (χ0) is 14.0. The van der Waals surface area contributed by atoms with Gasteiger partial charge in [0, 0.05) is 26.2 Å². The highest BCUT2D eigenvalue weighted by Crippen LogP contribution is 2.19. The molecule has 1 aliphatic rings. The number of hydrogen-bond donors (Lipinski definition) is 1. The molecule has 0 bridgehead atoms. The van der Waals surface area contributed by atoms with Gasteiger partial charge in [-0.25, -0.2) is 0 Å². The van der Waals surface area contributed by atoms with Gasteiger partial charge in [0.1, 0.15) is 0 Å². The number of anilines is 1. The van der Waals surface area contributed by atoms with Crippen LogP contribution in [0.3, 0.4) is 0 Å². The Kier molecular flexibility index (Phi) is 3.90. The third-order valence-electron chi connectivity index (χ3n) is 2.69. The van der Waals surface area contributed by atoms with Gasteiger partial charge in [-0.15, -0.1) is 10.2 Å². The molecule has 1 saturated heterocycles. The summed E-state index contributed by atoms with van der Waals surface area (Å²) in [4.78, 5) is 14.7. The normalized spacial score (nSPS) is 17.7. The monoisotopic (exact) mass is 295 g/mol. The molecule has 0 atom stereocenters. The summed E-state index contributed by atoms with van der Waals surface area (Å²) in [5.41, 5.74) is 5.38. The molecule has 0 radical (unpaired) electrons. The predicted octanol–water partition coefficient (Wildman–Crippen LogP) is 0.440. The third kappa shape index (κ3) is 3.77. The number of rotatable bonds is 2. The fourth-order valence-electron chi connectivity index (χ4n) is 1.82. The lowest BCUT2D eigenvalue weighted by Gasteiger charge is -2.34. The minimum absolute atomic E-state index is 0.168. The molecule has 10 heteroatoms. The van der Waals surface area contributed by atoms with Gasteiger partial charge in [-0.3, -0.25) is 9.69 Å². The van der Waals surface area contributed by atoms with E-state index in [1.165, 1.54) is 9.80 Å². The fraction of sp³-hybridized carbons (Fsp3) is 0.667. The summed E-state index contributed by atoms with van der Waals surface area (Å²) in [7, 11) is 0. The van der Waals surface area contributed by atoms with E-state index in [4.69, 9.17) is 5.73 Å². The highest BCUT2D eigenvalue weighted by atomic mass is 32.1. The molecule has 1 aromatic rings. The maximum atomic E-state index is 12.2. The lowest BCUT2D eigenvalue weighted by atomic mass is 10.3. The van der Waals surface area contributed by atoms with Gasteiger partial charge in [0.05, 0.1) is 6.54 Å². The molecule has 2 heterocycles. The molecule has 1 amide bonds. The van der Waals surface area contributed by atoms with E-state index in [-0.39, 0.29) is 42.2 Å². The Balaban J connectivity index is 1.88. The molecule has 2 rings (SSSR count). The van der Waals surface area contributed by atoms with Crippen LogP contribution in [0, 0.1) is 0 Å². The molecule has 1 aliphatic heterocycles. The summed E-state index contributed by atoms with van der Waals surface area (Å²) in [5.74, 6) is -0.333. The minimum Gasteiger partial charge on any atom is -0.374 e. The van der Waals surface area contributed by atoms with Crippen LogP contribution >= 0.6 is 11.3 Å². The number of nitrogen functional groups attached to an aromatic ring is 1. The molecule has 19 heavy (non-hydrogen) atoms. The summed E-state index contributed by atoms with van der Waals surface area (Å²) in [5, 5.41) is 7.53. The number of nitrogens with two attached hydrogens (primary N) is 1. The quantitative estimate of drug-likeness (QED) is 0.857. The van der Waals surface area contributed by atoms with Crippen molar-refractivity contribution in [3.05, 3.63) is 5.01 Å². The van der Waals surface area contributed by atoms with Gasteiger partial charge in [-0.05, 0) is 0 Å². The van der Waals surface area contributed by atoms with Gasteiger partial charge in [-0.1, -0.05) is 11.3 Å². The van der Waals surface area contributed by atoms with Crippen LogP contribution in [0.5, 0.6) is 0 Å². The van der Waals surface area contributed by atoms with E-state index in [2.05, 4.69) is 10.2 Å². The molecule has 1 aromatic heterocycles. The lowest BCUT2D eigenvalue weighted by molar-refractivity contribution is -0.148. The number of hydrogen-bond acceptors (Lipinski definition) is 6. The number of carbonyl (C=O) groups is 1. The fourth-order valence-corrected chi connectivity index (χ4v) is 2.40. The van der Waals surface area contributed by atoms with Crippen molar-refractivity contribution in [3.63, 3.8) is 0 Å². The van der Waals surface area contributed by atoms with Crippen molar-refractivity contribution in [3.8, 4) is 0 Å².